The Morgan fingerprint density at radius 1 is 0.818 bits per heavy atom. The van der Waals surface area contributed by atoms with E-state index < -0.39 is 0 Å². The van der Waals surface area contributed by atoms with E-state index in [0.717, 1.165) is 4.90 Å². The lowest BCUT2D eigenvalue weighted by Crippen LogP contribution is -2.32. The Hall–Kier alpha value is -2.86. The van der Waals surface area contributed by atoms with Crippen molar-refractivity contribution in [3.63, 3.8) is 0 Å². The molecule has 0 fully saturated rings. The second-order valence-electron chi connectivity index (χ2n) is 4.55. The van der Waals surface area contributed by atoms with Crippen molar-refractivity contribution in [1.82, 2.24) is 4.90 Å². The second-order valence-corrected chi connectivity index (χ2v) is 4.55. The topological polar surface area (TPSA) is 98.1 Å². The second kappa shape index (κ2) is 6.73. The van der Waals surface area contributed by atoms with Gasteiger partial charge in [0.25, 0.3) is 11.8 Å². The first kappa shape index (κ1) is 15.5. The fourth-order valence-electron chi connectivity index (χ4n) is 2.04. The molecule has 0 bridgehead atoms. The number of benzene rings is 2. The number of imide groups is 1. The van der Waals surface area contributed by atoms with Gasteiger partial charge in [-0.2, -0.15) is 0 Å². The number of aliphatic hydroxyl groups excluding tert-OH is 1. The highest BCUT2D eigenvalue weighted by Crippen LogP contribution is 2.21. The number of rotatable bonds is 2. The van der Waals surface area contributed by atoms with Crippen molar-refractivity contribution >= 4 is 11.8 Å². The maximum Gasteiger partial charge on any atom is 0.261 e. The predicted molar refractivity (Wildman–Crippen MR) is 78.7 cm³/mol. The molecule has 0 aliphatic carbocycles. The Balaban J connectivity index is 0.000000188. The normalized spacial score (nSPS) is 12.7. The fraction of sp³-hybridized carbons (Fsp3) is 0.125. The zero-order valence-corrected chi connectivity index (χ0v) is 11.6. The molecule has 2 aromatic rings. The summed E-state index contributed by atoms with van der Waals surface area (Å²) in [5, 5.41) is 26.0. The monoisotopic (exact) mass is 301 g/mol. The predicted octanol–water partition coefficient (Wildman–Crippen LogP) is 1.37. The first-order valence-corrected chi connectivity index (χ1v) is 6.58. The molecule has 0 aromatic heterocycles. The molecule has 0 saturated heterocycles. The van der Waals surface area contributed by atoms with Crippen LogP contribution in [0.4, 0.5) is 0 Å². The van der Waals surface area contributed by atoms with Gasteiger partial charge in [-0.05, 0) is 24.3 Å². The number of hydrogen-bond donors (Lipinski definition) is 3. The smallest absolute Gasteiger partial charge is 0.261 e. The van der Waals surface area contributed by atoms with Crippen LogP contribution in [-0.2, 0) is 0 Å². The van der Waals surface area contributed by atoms with Crippen LogP contribution < -0.4 is 0 Å². The maximum absolute atomic E-state index is 11.6. The zero-order valence-electron chi connectivity index (χ0n) is 11.6. The lowest BCUT2D eigenvalue weighted by atomic mass is 10.1. The number of phenols is 2. The Labute approximate surface area is 126 Å². The van der Waals surface area contributed by atoms with Crippen molar-refractivity contribution < 1.29 is 24.9 Å². The first-order chi connectivity index (χ1) is 10.5. The number of hydrogen-bond acceptors (Lipinski definition) is 5. The number of fused-ring (bicyclic) bond motifs is 1. The molecule has 3 N–H and O–H groups in total. The van der Waals surface area contributed by atoms with Gasteiger partial charge in [-0.15, -0.1) is 0 Å². The fourth-order valence-corrected chi connectivity index (χ4v) is 2.04. The van der Waals surface area contributed by atoms with E-state index in [2.05, 4.69) is 0 Å². The van der Waals surface area contributed by atoms with E-state index in [-0.39, 0.29) is 36.5 Å². The standard InChI is InChI=1S/C10H9NO3.C6H6O2/c12-6-5-11-9(13)7-3-1-2-4-8(7)10(11)14;7-5-2-1-3-6(8)4-5/h1-4,12H,5-6H2;1-4,7-8H. The van der Waals surface area contributed by atoms with Crippen LogP contribution in [-0.4, -0.2) is 45.2 Å². The highest BCUT2D eigenvalue weighted by atomic mass is 16.3. The number of carbonyl (C=O) groups excluding carboxylic acids is 2. The van der Waals surface area contributed by atoms with E-state index in [1.165, 1.54) is 18.2 Å². The molecule has 0 saturated carbocycles. The summed E-state index contributed by atoms with van der Waals surface area (Å²) in [4.78, 5) is 24.2. The van der Waals surface area contributed by atoms with Crippen LogP contribution in [0, 0.1) is 0 Å². The minimum atomic E-state index is -0.320. The summed E-state index contributed by atoms with van der Waals surface area (Å²) in [5.74, 6) is -0.464. The van der Waals surface area contributed by atoms with Crippen molar-refractivity contribution in [1.29, 1.82) is 0 Å². The molecule has 0 unspecified atom stereocenters. The molecule has 0 spiro atoms. The summed E-state index contributed by atoms with van der Waals surface area (Å²) in [7, 11) is 0. The molecule has 1 aliphatic rings. The molecule has 114 valence electrons. The Kier molecular flexibility index (Phi) is 4.75. The number of nitrogens with zero attached hydrogens (tertiary/aromatic N) is 1. The molecular weight excluding hydrogens is 286 g/mol. The van der Waals surface area contributed by atoms with E-state index in [9.17, 15) is 9.59 Å². The molecular formula is C16H15NO5. The van der Waals surface area contributed by atoms with Gasteiger partial charge in [0.1, 0.15) is 11.5 Å². The summed E-state index contributed by atoms with van der Waals surface area (Å²) >= 11 is 0. The van der Waals surface area contributed by atoms with Gasteiger partial charge in [-0.25, -0.2) is 0 Å². The molecule has 22 heavy (non-hydrogen) atoms. The molecule has 6 heteroatoms. The van der Waals surface area contributed by atoms with Crippen LogP contribution in [0.2, 0.25) is 0 Å². The molecule has 0 radical (unpaired) electrons. The molecule has 2 amide bonds. The SMILES string of the molecule is O=C1c2ccccc2C(=O)N1CCO.Oc1cccc(O)c1. The van der Waals surface area contributed by atoms with Crippen molar-refractivity contribution in [3.8, 4) is 11.5 Å². The Morgan fingerprint density at radius 3 is 1.68 bits per heavy atom. The minimum Gasteiger partial charge on any atom is -0.508 e. The van der Waals surface area contributed by atoms with Crippen LogP contribution in [0.5, 0.6) is 11.5 Å². The minimum absolute atomic E-state index is 0.0619. The van der Waals surface area contributed by atoms with E-state index in [1.807, 2.05) is 0 Å². The Bertz CT molecular complexity index is 646. The number of aliphatic hydroxyl groups is 1. The van der Waals surface area contributed by atoms with Crippen LogP contribution in [0.3, 0.4) is 0 Å². The van der Waals surface area contributed by atoms with Gasteiger partial charge in [-0.1, -0.05) is 18.2 Å². The van der Waals surface area contributed by atoms with E-state index in [0.29, 0.717) is 11.1 Å². The number of phenolic OH excluding ortho intramolecular Hbond substituents is 2. The third-order valence-electron chi connectivity index (χ3n) is 3.03. The van der Waals surface area contributed by atoms with Crippen LogP contribution in [0.25, 0.3) is 0 Å². The van der Waals surface area contributed by atoms with Crippen molar-refractivity contribution in [2.75, 3.05) is 13.2 Å². The number of β-amino-alcohol motifs (C(OH)–C–C–N with tert-alkyl or cyclic N) is 1. The van der Waals surface area contributed by atoms with Crippen LogP contribution in [0.15, 0.2) is 48.5 Å². The van der Waals surface area contributed by atoms with Gasteiger partial charge in [0.2, 0.25) is 0 Å². The lowest BCUT2D eigenvalue weighted by molar-refractivity contribution is 0.0624. The molecule has 1 aliphatic heterocycles. The average Bonchev–Trinajstić information content (AvgIpc) is 2.74. The molecule has 0 atom stereocenters. The van der Waals surface area contributed by atoms with Gasteiger partial charge in [0, 0.05) is 6.07 Å². The summed E-state index contributed by atoms with van der Waals surface area (Å²) in [6.07, 6.45) is 0. The highest BCUT2D eigenvalue weighted by Gasteiger charge is 2.34. The van der Waals surface area contributed by atoms with Crippen LogP contribution in [0.1, 0.15) is 20.7 Å². The largest absolute Gasteiger partial charge is 0.508 e. The first-order valence-electron chi connectivity index (χ1n) is 6.58. The van der Waals surface area contributed by atoms with Gasteiger partial charge in [-0.3, -0.25) is 14.5 Å². The summed E-state index contributed by atoms with van der Waals surface area (Å²) < 4.78 is 0. The molecule has 6 nitrogen and oxygen atoms in total. The van der Waals surface area contributed by atoms with E-state index in [1.54, 1.807) is 30.3 Å². The Morgan fingerprint density at radius 2 is 1.32 bits per heavy atom. The van der Waals surface area contributed by atoms with Gasteiger partial charge >= 0.3 is 0 Å². The summed E-state index contributed by atoms with van der Waals surface area (Å²) in [5.41, 5.74) is 0.844. The van der Waals surface area contributed by atoms with Crippen LogP contribution >= 0.6 is 0 Å². The van der Waals surface area contributed by atoms with Gasteiger partial charge in [0.05, 0.1) is 24.3 Å². The lowest BCUT2D eigenvalue weighted by Gasteiger charge is -2.10. The summed E-state index contributed by atoms with van der Waals surface area (Å²) in [6, 6.07) is 12.5. The van der Waals surface area contributed by atoms with E-state index in [4.69, 9.17) is 15.3 Å². The number of aromatic hydroxyl groups is 2. The van der Waals surface area contributed by atoms with Gasteiger partial charge < -0.3 is 15.3 Å². The zero-order chi connectivity index (χ0) is 16.1. The van der Waals surface area contributed by atoms with Crippen molar-refractivity contribution in [2.45, 2.75) is 0 Å². The van der Waals surface area contributed by atoms with Crippen molar-refractivity contribution in [3.05, 3.63) is 59.7 Å². The summed E-state index contributed by atoms with van der Waals surface area (Å²) in [6.45, 7) is -0.141. The average molecular weight is 301 g/mol. The molecule has 1 heterocycles. The highest BCUT2D eigenvalue weighted by molar-refractivity contribution is 6.21. The third kappa shape index (κ3) is 3.24. The van der Waals surface area contributed by atoms with Crippen molar-refractivity contribution in [2.24, 2.45) is 0 Å². The molecule has 2 aromatic carbocycles. The quantitative estimate of drug-likeness (QED) is 0.728. The molecule has 3 rings (SSSR count). The van der Waals surface area contributed by atoms with Gasteiger partial charge in [0.15, 0.2) is 0 Å². The number of amides is 2. The third-order valence-corrected chi connectivity index (χ3v) is 3.03. The maximum atomic E-state index is 11.6. The van der Waals surface area contributed by atoms with E-state index >= 15 is 0 Å². The number of carbonyl (C=O) groups is 2.